The van der Waals surface area contributed by atoms with E-state index >= 15 is 0 Å². The largest absolute Gasteiger partial charge is 0.359 e. The smallest absolute Gasteiger partial charge is 0.254 e. The number of carbonyl (C=O) groups excluding carboxylic acids is 3. The number of likely N-dealkylation sites (tertiary alicyclic amines) is 2. The van der Waals surface area contributed by atoms with Gasteiger partial charge in [0.15, 0.2) is 0 Å². The quantitative estimate of drug-likeness (QED) is 0.256. The lowest BCUT2D eigenvalue weighted by Gasteiger charge is -2.42. The van der Waals surface area contributed by atoms with Crippen molar-refractivity contribution < 1.29 is 19.2 Å². The second-order valence-corrected chi connectivity index (χ2v) is 13.5. The highest BCUT2D eigenvalue weighted by Gasteiger charge is 2.35. The van der Waals surface area contributed by atoms with Crippen molar-refractivity contribution in [1.29, 1.82) is 0 Å². The molecule has 1 atom stereocenters. The number of hydrogen-bond acceptors (Lipinski definition) is 6. The Kier molecular flexibility index (Phi) is 13.4. The van der Waals surface area contributed by atoms with Crippen molar-refractivity contribution in [1.82, 2.24) is 25.5 Å². The molecule has 2 aliphatic heterocycles. The molecule has 0 bridgehead atoms. The Morgan fingerprint density at radius 2 is 1.65 bits per heavy atom. The summed E-state index contributed by atoms with van der Waals surface area (Å²) in [5, 5.41) is 4.27. The fraction of sp³-hybridized carbons (Fsp3) is 0.485. The van der Waals surface area contributed by atoms with Gasteiger partial charge in [-0.2, -0.15) is 0 Å². The van der Waals surface area contributed by atoms with Gasteiger partial charge in [-0.05, 0) is 73.6 Å². The monoisotopic (exact) mass is 711 g/mol. The first-order valence-corrected chi connectivity index (χ1v) is 16.9. The average Bonchev–Trinajstić information content (AvgIpc) is 3.03. The average molecular weight is 714 g/mol. The van der Waals surface area contributed by atoms with Crippen molar-refractivity contribution >= 4 is 69.7 Å². The van der Waals surface area contributed by atoms with E-state index in [0.717, 1.165) is 63.0 Å². The molecule has 2 fully saturated rings. The predicted molar refractivity (Wildman–Crippen MR) is 184 cm³/mol. The van der Waals surface area contributed by atoms with E-state index in [-0.39, 0.29) is 42.6 Å². The van der Waals surface area contributed by atoms with Gasteiger partial charge >= 0.3 is 0 Å². The molecule has 2 aromatic rings. The van der Waals surface area contributed by atoms with Gasteiger partial charge in [0.2, 0.25) is 11.8 Å². The van der Waals surface area contributed by atoms with Gasteiger partial charge in [-0.25, -0.2) is 0 Å². The van der Waals surface area contributed by atoms with Crippen LogP contribution in [0.25, 0.3) is 5.57 Å². The van der Waals surface area contributed by atoms with Crippen LogP contribution in [0, 0.1) is 5.92 Å². The minimum Gasteiger partial charge on any atom is -0.359 e. The number of halogens is 4. The third kappa shape index (κ3) is 9.52. The first-order valence-electron chi connectivity index (χ1n) is 15.4. The first-order chi connectivity index (χ1) is 22.0. The Bertz CT molecular complexity index is 1430. The first kappa shape index (κ1) is 36.3. The Hall–Kier alpha value is -2.53. The molecule has 13 heteroatoms. The van der Waals surface area contributed by atoms with Gasteiger partial charge in [-0.1, -0.05) is 52.5 Å². The third-order valence-corrected chi connectivity index (χ3v) is 9.86. The zero-order chi connectivity index (χ0) is 33.4. The van der Waals surface area contributed by atoms with Crippen molar-refractivity contribution in [3.8, 4) is 0 Å². The number of nitrogens with zero attached hydrogens (tertiary/aromatic N) is 3. The summed E-state index contributed by atoms with van der Waals surface area (Å²) in [6.07, 6.45) is 4.30. The van der Waals surface area contributed by atoms with Gasteiger partial charge in [-0.15, -0.1) is 0 Å². The number of hydrogen-bond donors (Lipinski definition) is 2. The molecule has 2 aliphatic rings. The Balaban J connectivity index is 1.48. The Labute approximate surface area is 291 Å². The van der Waals surface area contributed by atoms with Crippen LogP contribution in [0.3, 0.4) is 0 Å². The normalized spacial score (nSPS) is 18.3. The summed E-state index contributed by atoms with van der Waals surface area (Å²) in [6.45, 7) is 3.38. The number of rotatable bonds is 12. The van der Waals surface area contributed by atoms with Crippen LogP contribution in [-0.2, 0) is 14.4 Å². The maximum Gasteiger partial charge on any atom is 0.254 e. The lowest BCUT2D eigenvalue weighted by Crippen LogP contribution is -2.52. The topological polar surface area (TPSA) is 94.2 Å². The zero-order valence-electron chi connectivity index (χ0n) is 26.4. The number of hydroxylamine groups is 1. The van der Waals surface area contributed by atoms with Crippen LogP contribution in [0.1, 0.15) is 54.4 Å². The standard InChI is InChI=1S/C33H41Cl4N5O4/c1-38-31(43)18-22-5-4-11-42(33(22)45)26-8-12-41(13-9-26)14-10-27(21-6-7-28(36)29(37)17-21)30(39-46-3)20-40(2)32(44)23-15-24(34)19-25(35)16-23/h6-7,15-17,19,22,26,39H,4-5,8-14,18,20H2,1-3H3,(H,38,43)/t22-/m1/s1. The SMILES string of the molecule is CNC(=O)C[C@H]1CCCN(C2CCN(CCC(=C(CN(C)C(=O)c3cc(Cl)cc(Cl)c3)NOC)c3ccc(Cl)c(Cl)c3)CC2)C1=O. The van der Waals surface area contributed by atoms with Crippen molar-refractivity contribution in [3.63, 3.8) is 0 Å². The Morgan fingerprint density at radius 1 is 0.957 bits per heavy atom. The van der Waals surface area contributed by atoms with Crippen LogP contribution < -0.4 is 10.8 Å². The molecule has 250 valence electrons. The summed E-state index contributed by atoms with van der Waals surface area (Å²) >= 11 is 25.0. The van der Waals surface area contributed by atoms with Gasteiger partial charge in [0.1, 0.15) is 0 Å². The van der Waals surface area contributed by atoms with Gasteiger partial charge in [-0.3, -0.25) is 24.7 Å². The van der Waals surface area contributed by atoms with Crippen LogP contribution in [-0.4, -0.2) is 92.4 Å². The molecule has 0 aromatic heterocycles. The van der Waals surface area contributed by atoms with Crippen LogP contribution in [0.2, 0.25) is 20.1 Å². The molecule has 2 saturated heterocycles. The molecule has 2 heterocycles. The summed E-state index contributed by atoms with van der Waals surface area (Å²) < 4.78 is 0. The van der Waals surface area contributed by atoms with Crippen LogP contribution in [0.15, 0.2) is 42.1 Å². The molecular weight excluding hydrogens is 672 g/mol. The molecule has 3 amide bonds. The highest BCUT2D eigenvalue weighted by molar-refractivity contribution is 6.42. The van der Waals surface area contributed by atoms with E-state index in [2.05, 4.69) is 15.7 Å². The summed E-state index contributed by atoms with van der Waals surface area (Å²) in [7, 11) is 4.83. The zero-order valence-corrected chi connectivity index (χ0v) is 29.4. The molecule has 46 heavy (non-hydrogen) atoms. The van der Waals surface area contributed by atoms with Crippen molar-refractivity contribution in [2.45, 2.75) is 44.6 Å². The molecule has 0 unspecified atom stereocenters. The van der Waals surface area contributed by atoms with E-state index in [9.17, 15) is 14.4 Å². The molecule has 0 radical (unpaired) electrons. The number of benzene rings is 2. The van der Waals surface area contributed by atoms with Crippen LogP contribution >= 0.6 is 46.4 Å². The molecule has 0 saturated carbocycles. The number of piperidine rings is 2. The van der Waals surface area contributed by atoms with E-state index in [1.807, 2.05) is 17.0 Å². The molecule has 9 nitrogen and oxygen atoms in total. The fourth-order valence-corrected chi connectivity index (χ4v) is 7.08. The lowest BCUT2D eigenvalue weighted by molar-refractivity contribution is -0.144. The lowest BCUT2D eigenvalue weighted by atomic mass is 9.90. The van der Waals surface area contributed by atoms with E-state index in [1.54, 1.807) is 43.3 Å². The maximum atomic E-state index is 13.3. The minimum absolute atomic E-state index is 0.0902. The molecule has 2 aromatic carbocycles. The summed E-state index contributed by atoms with van der Waals surface area (Å²) in [4.78, 5) is 49.9. The van der Waals surface area contributed by atoms with Crippen molar-refractivity contribution in [3.05, 3.63) is 73.3 Å². The van der Waals surface area contributed by atoms with Gasteiger partial charge in [0.25, 0.3) is 5.91 Å². The van der Waals surface area contributed by atoms with Crippen molar-refractivity contribution in [2.24, 2.45) is 5.92 Å². The summed E-state index contributed by atoms with van der Waals surface area (Å²) in [5.74, 6) is -0.474. The number of amides is 3. The summed E-state index contributed by atoms with van der Waals surface area (Å²) in [5.41, 5.74) is 5.86. The predicted octanol–water partition coefficient (Wildman–Crippen LogP) is 6.16. The molecular formula is C33H41Cl4N5O4. The second-order valence-electron chi connectivity index (χ2n) is 11.8. The fourth-order valence-electron chi connectivity index (χ4n) is 6.25. The molecule has 0 spiro atoms. The Morgan fingerprint density at radius 3 is 2.28 bits per heavy atom. The number of likely N-dealkylation sites (N-methyl/N-ethyl adjacent to an activating group) is 1. The van der Waals surface area contributed by atoms with Crippen molar-refractivity contribution in [2.75, 3.05) is 53.9 Å². The summed E-state index contributed by atoms with van der Waals surface area (Å²) in [6, 6.07) is 10.4. The highest BCUT2D eigenvalue weighted by Crippen LogP contribution is 2.31. The molecule has 0 aliphatic carbocycles. The van der Waals surface area contributed by atoms with E-state index in [0.29, 0.717) is 37.8 Å². The minimum atomic E-state index is -0.250. The maximum absolute atomic E-state index is 13.3. The van der Waals surface area contributed by atoms with Gasteiger partial charge in [0, 0.05) is 74.3 Å². The highest BCUT2D eigenvalue weighted by atomic mass is 35.5. The third-order valence-electron chi connectivity index (χ3n) is 8.68. The number of carbonyl (C=O) groups is 3. The van der Waals surface area contributed by atoms with Gasteiger partial charge < -0.3 is 20.0 Å². The second kappa shape index (κ2) is 17.0. The van der Waals surface area contributed by atoms with Crippen LogP contribution in [0.5, 0.6) is 0 Å². The molecule has 2 N–H and O–H groups in total. The van der Waals surface area contributed by atoms with E-state index < -0.39 is 0 Å². The van der Waals surface area contributed by atoms with E-state index in [1.165, 1.54) is 7.11 Å². The van der Waals surface area contributed by atoms with Gasteiger partial charge in [0.05, 0.1) is 29.4 Å². The van der Waals surface area contributed by atoms with E-state index in [4.69, 9.17) is 51.2 Å². The number of nitrogens with one attached hydrogen (secondary N) is 2. The molecule has 4 rings (SSSR count). The van der Waals surface area contributed by atoms with Crippen LogP contribution in [0.4, 0.5) is 0 Å².